The zero-order valence-corrected chi connectivity index (χ0v) is 23.2. The summed E-state index contributed by atoms with van der Waals surface area (Å²) in [6.45, 7) is 19.2. The van der Waals surface area contributed by atoms with Gasteiger partial charge in [-0.3, -0.25) is 0 Å². The maximum atomic E-state index is 2.70. The molecule has 2 heteroatoms. The normalized spacial score (nSPS) is 18.8. The van der Waals surface area contributed by atoms with E-state index in [2.05, 4.69) is 103 Å². The van der Waals surface area contributed by atoms with Gasteiger partial charge in [-0.1, -0.05) is 0 Å². The van der Waals surface area contributed by atoms with E-state index in [-0.39, 0.29) is 5.43 Å². The summed E-state index contributed by atoms with van der Waals surface area (Å²) in [5.74, 6) is 0. The summed E-state index contributed by atoms with van der Waals surface area (Å²) in [4.78, 5) is 0. The van der Waals surface area contributed by atoms with E-state index in [0.29, 0.717) is 3.63 Å². The van der Waals surface area contributed by atoms with Crippen molar-refractivity contribution in [1.82, 2.24) is 0 Å². The van der Waals surface area contributed by atoms with Crippen molar-refractivity contribution in [3.63, 3.8) is 0 Å². The number of fused-ring (bicyclic) bond motifs is 1. The molecule has 154 valence electrons. The number of rotatable bonds is 3. The average Bonchev–Trinajstić information content (AvgIpc) is 3.18. The quantitative estimate of drug-likeness (QED) is 0.382. The second-order valence-electron chi connectivity index (χ2n) is 9.45. The molecule has 0 bridgehead atoms. The SMILES string of the molecule is CC1=C(C)[CH]([Zr]([CH]2C=C(c3ccc(C)c(C)c3)c3ccccc32)=[Si](C)C)C(C)=C1C. The van der Waals surface area contributed by atoms with Gasteiger partial charge < -0.3 is 0 Å². The van der Waals surface area contributed by atoms with Crippen molar-refractivity contribution in [3.8, 4) is 0 Å². The summed E-state index contributed by atoms with van der Waals surface area (Å²) < 4.78 is 1.47. The van der Waals surface area contributed by atoms with E-state index in [4.69, 9.17) is 0 Å². The van der Waals surface area contributed by atoms with Gasteiger partial charge in [-0.2, -0.15) is 0 Å². The molecule has 0 aliphatic heterocycles. The zero-order valence-electron chi connectivity index (χ0n) is 19.8. The first-order chi connectivity index (χ1) is 14.2. The summed E-state index contributed by atoms with van der Waals surface area (Å²) >= 11 is -1.86. The Labute approximate surface area is 191 Å². The molecule has 2 aromatic rings. The molecule has 2 aromatic carbocycles. The third-order valence-corrected chi connectivity index (χ3v) is 27.3. The van der Waals surface area contributed by atoms with Crippen molar-refractivity contribution in [2.75, 3.05) is 0 Å². The molecule has 0 spiro atoms. The van der Waals surface area contributed by atoms with Gasteiger partial charge in [0.25, 0.3) is 0 Å². The van der Waals surface area contributed by atoms with Crippen molar-refractivity contribution in [2.45, 2.75) is 61.9 Å². The second-order valence-corrected chi connectivity index (χ2v) is 27.4. The van der Waals surface area contributed by atoms with Crippen LogP contribution in [0.25, 0.3) is 5.57 Å². The van der Waals surface area contributed by atoms with E-state index in [1.807, 2.05) is 0 Å². The number of benzene rings is 2. The van der Waals surface area contributed by atoms with Gasteiger partial charge >= 0.3 is 192 Å². The first-order valence-corrected chi connectivity index (χ1v) is 20.2. The van der Waals surface area contributed by atoms with Crippen molar-refractivity contribution < 1.29 is 20.4 Å². The van der Waals surface area contributed by atoms with Crippen molar-refractivity contribution in [3.05, 3.63) is 98.7 Å². The van der Waals surface area contributed by atoms with Crippen LogP contribution in [0.2, 0.25) is 16.7 Å². The maximum absolute atomic E-state index is 2.70. The van der Waals surface area contributed by atoms with Gasteiger partial charge in [-0.15, -0.1) is 0 Å². The molecule has 4 rings (SSSR count). The second kappa shape index (κ2) is 8.36. The fourth-order valence-corrected chi connectivity index (χ4v) is 25.9. The Hall–Kier alpha value is -1.24. The Kier molecular flexibility index (Phi) is 6.12. The third kappa shape index (κ3) is 3.55. The predicted molar refractivity (Wildman–Crippen MR) is 130 cm³/mol. The molecule has 2 aliphatic carbocycles. The zero-order chi connectivity index (χ0) is 21.7. The van der Waals surface area contributed by atoms with Crippen molar-refractivity contribution in [2.24, 2.45) is 0 Å². The van der Waals surface area contributed by atoms with Gasteiger partial charge in [0.15, 0.2) is 0 Å². The average molecular weight is 490 g/mol. The van der Waals surface area contributed by atoms with Crippen LogP contribution >= 0.6 is 0 Å². The van der Waals surface area contributed by atoms with Gasteiger partial charge in [0, 0.05) is 0 Å². The topological polar surface area (TPSA) is 0 Å². The van der Waals surface area contributed by atoms with Crippen LogP contribution in [0.1, 0.15) is 59.1 Å². The van der Waals surface area contributed by atoms with Crippen LogP contribution in [0.15, 0.2) is 70.8 Å². The van der Waals surface area contributed by atoms with Crippen LogP contribution in [0.3, 0.4) is 0 Å². The molecule has 0 saturated heterocycles. The van der Waals surface area contributed by atoms with Crippen molar-refractivity contribution >= 4 is 11.0 Å². The van der Waals surface area contributed by atoms with Gasteiger partial charge in [0.05, 0.1) is 0 Å². The third-order valence-electron chi connectivity index (χ3n) is 7.57. The van der Waals surface area contributed by atoms with Crippen LogP contribution in [-0.2, 0) is 20.4 Å². The molecule has 0 fully saturated rings. The summed E-state index contributed by atoms with van der Waals surface area (Å²) in [5.41, 5.74) is 15.0. The molecule has 0 nitrogen and oxygen atoms in total. The molecule has 0 aromatic heterocycles. The molecule has 2 aliphatic rings. The molecular weight excluding hydrogens is 456 g/mol. The minimum absolute atomic E-state index is 0.327. The van der Waals surface area contributed by atoms with E-state index in [1.54, 1.807) is 27.9 Å². The van der Waals surface area contributed by atoms with Gasteiger partial charge in [-0.25, -0.2) is 0 Å². The molecule has 0 saturated carbocycles. The van der Waals surface area contributed by atoms with Crippen LogP contribution in [0, 0.1) is 13.8 Å². The van der Waals surface area contributed by atoms with E-state index >= 15 is 0 Å². The first kappa shape index (κ1) is 22.0. The fraction of sp³-hybridized carbons (Fsp3) is 0.357. The van der Waals surface area contributed by atoms with Gasteiger partial charge in [-0.05, 0) is 0 Å². The Bertz CT molecular complexity index is 1140. The van der Waals surface area contributed by atoms with E-state index in [0.717, 1.165) is 3.63 Å². The molecule has 1 atom stereocenters. The first-order valence-electron chi connectivity index (χ1n) is 11.1. The van der Waals surface area contributed by atoms with Gasteiger partial charge in [0.2, 0.25) is 0 Å². The van der Waals surface area contributed by atoms with E-state index in [9.17, 15) is 0 Å². The van der Waals surface area contributed by atoms with Crippen LogP contribution in [-0.4, -0.2) is 5.43 Å². The van der Waals surface area contributed by atoms with Crippen LogP contribution < -0.4 is 0 Å². The van der Waals surface area contributed by atoms with Gasteiger partial charge in [0.1, 0.15) is 0 Å². The summed E-state index contributed by atoms with van der Waals surface area (Å²) in [5, 5.41) is 0. The predicted octanol–water partition coefficient (Wildman–Crippen LogP) is 8.13. The van der Waals surface area contributed by atoms with E-state index < -0.39 is 20.4 Å². The number of allylic oxidation sites excluding steroid dienone is 5. The Morgan fingerprint density at radius 2 is 1.40 bits per heavy atom. The van der Waals surface area contributed by atoms with Crippen molar-refractivity contribution in [1.29, 1.82) is 0 Å². The summed E-state index contributed by atoms with van der Waals surface area (Å²) in [7, 11) is 0. The molecule has 0 radical (unpaired) electrons. The monoisotopic (exact) mass is 488 g/mol. The summed E-state index contributed by atoms with van der Waals surface area (Å²) in [6, 6.07) is 16.3. The summed E-state index contributed by atoms with van der Waals surface area (Å²) in [6.07, 6.45) is 2.70. The van der Waals surface area contributed by atoms with Crippen LogP contribution in [0.5, 0.6) is 0 Å². The molecule has 0 N–H and O–H groups in total. The number of hydrogen-bond acceptors (Lipinski definition) is 0. The molecule has 0 amide bonds. The van der Waals surface area contributed by atoms with E-state index in [1.165, 1.54) is 27.8 Å². The molecule has 0 heterocycles. The fourth-order valence-electron chi connectivity index (χ4n) is 5.37. The number of aryl methyl sites for hydroxylation is 2. The molecular formula is C28H34SiZr. The Morgan fingerprint density at radius 1 is 0.767 bits per heavy atom. The molecule has 30 heavy (non-hydrogen) atoms. The Balaban J connectivity index is 1.90. The molecule has 1 unspecified atom stereocenters. The number of hydrogen-bond donors (Lipinski definition) is 0. The standard InChI is InChI=1S/C17H15.C9H13.C2H6Si.Zr/c1-12-7-8-15(11-13(12)2)17-10-9-14-5-3-4-6-16(14)17;1-6-5-7(2)9(4)8(6)3;1-3-2;/h3-11H,1-2H3;5H,1-4H3;1-2H3;. The minimum atomic E-state index is -1.86. The Morgan fingerprint density at radius 3 is 2.00 bits per heavy atom. The van der Waals surface area contributed by atoms with Crippen LogP contribution in [0.4, 0.5) is 0 Å².